The van der Waals surface area contributed by atoms with Gasteiger partial charge in [-0.2, -0.15) is 0 Å². The van der Waals surface area contributed by atoms with Crippen LogP contribution in [0.4, 0.5) is 0 Å². The first-order valence-corrected chi connectivity index (χ1v) is 9.37. The molecular formula is C20H22BrN3O3. The van der Waals surface area contributed by atoms with Crippen molar-refractivity contribution in [3.8, 4) is 17.2 Å². The van der Waals surface area contributed by atoms with E-state index in [-0.39, 0.29) is 12.2 Å². The molecule has 2 N–H and O–H groups in total. The molecule has 7 heteroatoms. The molecule has 3 rings (SSSR count). The van der Waals surface area contributed by atoms with Crippen molar-refractivity contribution in [3.05, 3.63) is 74.6 Å². The molecule has 1 heterocycles. The van der Waals surface area contributed by atoms with E-state index in [0.29, 0.717) is 22.5 Å². The third kappa shape index (κ3) is 3.94. The second-order valence-electron chi connectivity index (χ2n) is 6.05. The molecule has 142 valence electrons. The first-order chi connectivity index (χ1) is 13.1. The largest absolute Gasteiger partial charge is 0.493 e. The van der Waals surface area contributed by atoms with E-state index in [1.54, 1.807) is 16.5 Å². The molecule has 0 aliphatic heterocycles. The summed E-state index contributed by atoms with van der Waals surface area (Å²) in [7, 11) is 3.44. The maximum atomic E-state index is 12.7. The average molecular weight is 432 g/mol. The zero-order chi connectivity index (χ0) is 19.4. The second kappa shape index (κ2) is 8.45. The fourth-order valence-electron chi connectivity index (χ4n) is 2.93. The highest BCUT2D eigenvalue weighted by atomic mass is 79.9. The fraction of sp³-hybridized carbons (Fsp3) is 0.250. The molecule has 1 aromatic heterocycles. The first-order valence-electron chi connectivity index (χ1n) is 8.58. The third-order valence-electron chi connectivity index (χ3n) is 4.35. The van der Waals surface area contributed by atoms with Gasteiger partial charge in [-0.25, -0.2) is 4.68 Å². The summed E-state index contributed by atoms with van der Waals surface area (Å²) in [5.41, 5.74) is 8.09. The minimum absolute atomic E-state index is 0.132. The fourth-order valence-corrected chi connectivity index (χ4v) is 3.47. The van der Waals surface area contributed by atoms with E-state index in [2.05, 4.69) is 15.9 Å². The van der Waals surface area contributed by atoms with Crippen molar-refractivity contribution in [3.63, 3.8) is 0 Å². The van der Waals surface area contributed by atoms with Crippen molar-refractivity contribution < 1.29 is 9.47 Å². The molecule has 0 bridgehead atoms. The molecule has 2 aromatic carbocycles. The van der Waals surface area contributed by atoms with E-state index >= 15 is 0 Å². The summed E-state index contributed by atoms with van der Waals surface area (Å²) >= 11 is 3.41. The van der Waals surface area contributed by atoms with Crippen molar-refractivity contribution in [1.29, 1.82) is 0 Å². The maximum Gasteiger partial charge on any atom is 0.286 e. The van der Waals surface area contributed by atoms with E-state index in [1.165, 1.54) is 0 Å². The van der Waals surface area contributed by atoms with Crippen LogP contribution in [-0.2, 0) is 20.1 Å². The van der Waals surface area contributed by atoms with Gasteiger partial charge in [0.1, 0.15) is 11.1 Å². The maximum absolute atomic E-state index is 12.7. The van der Waals surface area contributed by atoms with Crippen LogP contribution in [0.1, 0.15) is 11.3 Å². The van der Waals surface area contributed by atoms with Gasteiger partial charge in [0.2, 0.25) is 0 Å². The average Bonchev–Trinajstić information content (AvgIpc) is 2.90. The Kier molecular flexibility index (Phi) is 6.03. The van der Waals surface area contributed by atoms with Crippen molar-refractivity contribution in [2.45, 2.75) is 13.0 Å². The van der Waals surface area contributed by atoms with Gasteiger partial charge < -0.3 is 15.2 Å². The Bertz CT molecular complexity index is 980. The number of hydrogen-bond acceptors (Lipinski definition) is 4. The number of nitrogens with two attached hydrogens (primary N) is 1. The van der Waals surface area contributed by atoms with Crippen LogP contribution in [0.2, 0.25) is 0 Å². The highest BCUT2D eigenvalue weighted by Gasteiger charge is 2.18. The van der Waals surface area contributed by atoms with Gasteiger partial charge in [-0.3, -0.25) is 9.48 Å². The zero-order valence-electron chi connectivity index (χ0n) is 15.3. The molecule has 0 spiro atoms. The number of methoxy groups -OCH3 is 1. The molecule has 0 aliphatic carbocycles. The number of hydrogen-bond donors (Lipinski definition) is 1. The van der Waals surface area contributed by atoms with E-state index in [1.807, 2.05) is 55.6 Å². The van der Waals surface area contributed by atoms with Crippen LogP contribution in [0, 0.1) is 0 Å². The lowest BCUT2D eigenvalue weighted by atomic mass is 10.1. The van der Waals surface area contributed by atoms with Gasteiger partial charge in [-0.1, -0.05) is 24.3 Å². The number of para-hydroxylation sites is 1. The topological polar surface area (TPSA) is 71.4 Å². The standard InChI is InChI=1S/C20H22BrN3O3/c1-23-16(19(21)20(25)24(23)15-6-4-3-5-7-15)13-27-17-9-8-14(10-11-22)12-18(17)26-2/h3-9,12H,10-11,13,22H2,1-2H3. The van der Waals surface area contributed by atoms with Crippen molar-refractivity contribution >= 4 is 15.9 Å². The summed E-state index contributed by atoms with van der Waals surface area (Å²) in [6.45, 7) is 0.796. The Hall–Kier alpha value is -2.51. The number of rotatable bonds is 7. The van der Waals surface area contributed by atoms with Crippen LogP contribution in [0.25, 0.3) is 5.69 Å². The summed E-state index contributed by atoms with van der Waals surface area (Å²) < 4.78 is 15.3. The van der Waals surface area contributed by atoms with E-state index in [9.17, 15) is 4.79 Å². The molecule has 0 aliphatic rings. The Labute approximate surface area is 166 Å². The predicted molar refractivity (Wildman–Crippen MR) is 109 cm³/mol. The van der Waals surface area contributed by atoms with Gasteiger partial charge in [0, 0.05) is 7.05 Å². The SMILES string of the molecule is COc1cc(CCN)ccc1OCc1c(Br)c(=O)n(-c2ccccc2)n1C. The van der Waals surface area contributed by atoms with Crippen LogP contribution in [0.15, 0.2) is 57.8 Å². The van der Waals surface area contributed by atoms with Crippen LogP contribution in [0.3, 0.4) is 0 Å². The van der Waals surface area contributed by atoms with Crippen LogP contribution in [-0.4, -0.2) is 23.0 Å². The van der Waals surface area contributed by atoms with Crippen LogP contribution in [0.5, 0.6) is 11.5 Å². The lowest BCUT2D eigenvalue weighted by Gasteiger charge is -2.14. The zero-order valence-corrected chi connectivity index (χ0v) is 16.9. The monoisotopic (exact) mass is 431 g/mol. The summed E-state index contributed by atoms with van der Waals surface area (Å²) in [4.78, 5) is 12.7. The molecule has 0 saturated carbocycles. The molecule has 0 saturated heterocycles. The lowest BCUT2D eigenvalue weighted by molar-refractivity contribution is 0.273. The van der Waals surface area contributed by atoms with Crippen molar-refractivity contribution in [2.75, 3.05) is 13.7 Å². The Balaban J connectivity index is 1.88. The number of ether oxygens (including phenoxy) is 2. The summed E-state index contributed by atoms with van der Waals surface area (Å²) in [5.74, 6) is 1.26. The molecular weight excluding hydrogens is 410 g/mol. The van der Waals surface area contributed by atoms with Crippen LogP contribution < -0.4 is 20.8 Å². The van der Waals surface area contributed by atoms with Crippen molar-refractivity contribution in [1.82, 2.24) is 9.36 Å². The summed E-state index contributed by atoms with van der Waals surface area (Å²) in [6, 6.07) is 15.2. The van der Waals surface area contributed by atoms with Gasteiger partial charge >= 0.3 is 0 Å². The quantitative estimate of drug-likeness (QED) is 0.623. The normalized spacial score (nSPS) is 10.8. The summed E-state index contributed by atoms with van der Waals surface area (Å²) in [5, 5.41) is 0. The first kappa shape index (κ1) is 19.3. The molecule has 0 fully saturated rings. The van der Waals surface area contributed by atoms with Gasteiger partial charge in [-0.05, 0) is 58.7 Å². The highest BCUT2D eigenvalue weighted by molar-refractivity contribution is 9.10. The smallest absolute Gasteiger partial charge is 0.286 e. The second-order valence-corrected chi connectivity index (χ2v) is 6.84. The number of halogens is 1. The Morgan fingerprint density at radius 3 is 2.52 bits per heavy atom. The Morgan fingerprint density at radius 1 is 1.11 bits per heavy atom. The van der Waals surface area contributed by atoms with Crippen molar-refractivity contribution in [2.24, 2.45) is 12.8 Å². The number of benzene rings is 2. The molecule has 0 radical (unpaired) electrons. The van der Waals surface area contributed by atoms with Gasteiger partial charge in [-0.15, -0.1) is 0 Å². The molecule has 3 aromatic rings. The van der Waals surface area contributed by atoms with Crippen LogP contribution >= 0.6 is 15.9 Å². The predicted octanol–water partition coefficient (Wildman–Crippen LogP) is 3.03. The molecule has 27 heavy (non-hydrogen) atoms. The minimum Gasteiger partial charge on any atom is -0.493 e. The Morgan fingerprint density at radius 2 is 1.85 bits per heavy atom. The molecule has 0 amide bonds. The van der Waals surface area contributed by atoms with Gasteiger partial charge in [0.05, 0.1) is 18.5 Å². The molecule has 0 unspecified atom stereocenters. The van der Waals surface area contributed by atoms with E-state index < -0.39 is 0 Å². The number of aromatic nitrogens is 2. The van der Waals surface area contributed by atoms with Gasteiger partial charge in [0.15, 0.2) is 11.5 Å². The summed E-state index contributed by atoms with van der Waals surface area (Å²) in [6.07, 6.45) is 0.774. The lowest BCUT2D eigenvalue weighted by Crippen LogP contribution is -2.19. The molecule has 6 nitrogen and oxygen atoms in total. The minimum atomic E-state index is -0.132. The van der Waals surface area contributed by atoms with E-state index in [4.69, 9.17) is 15.2 Å². The third-order valence-corrected chi connectivity index (χ3v) is 5.15. The number of nitrogens with zero attached hydrogens (tertiary/aromatic N) is 2. The van der Waals surface area contributed by atoms with E-state index in [0.717, 1.165) is 23.4 Å². The molecule has 0 atom stereocenters. The van der Waals surface area contributed by atoms with Gasteiger partial charge in [0.25, 0.3) is 5.56 Å². The highest BCUT2D eigenvalue weighted by Crippen LogP contribution is 2.29.